The third-order valence-electron chi connectivity index (χ3n) is 4.60. The fourth-order valence-electron chi connectivity index (χ4n) is 2.92. The minimum Gasteiger partial charge on any atom is -0.481 e. The van der Waals surface area contributed by atoms with Crippen LogP contribution in [0.1, 0.15) is 38.1 Å². The first-order chi connectivity index (χ1) is 14.6. The number of methoxy groups -OCH3 is 1. The van der Waals surface area contributed by atoms with E-state index in [2.05, 4.69) is 25.7 Å². The Morgan fingerprint density at radius 3 is 2.74 bits per heavy atom. The van der Waals surface area contributed by atoms with E-state index in [1.165, 1.54) is 31.7 Å². The predicted octanol–water partition coefficient (Wildman–Crippen LogP) is 2.46. The van der Waals surface area contributed by atoms with Crippen molar-refractivity contribution in [3.8, 4) is 17.1 Å². The zero-order chi connectivity index (χ0) is 22.8. The number of aromatic nitrogens is 4. The summed E-state index contributed by atoms with van der Waals surface area (Å²) in [6.45, 7) is 6.21. The Morgan fingerprint density at radius 1 is 1.35 bits per heavy atom. The van der Waals surface area contributed by atoms with Gasteiger partial charge in [0.1, 0.15) is 23.2 Å². The van der Waals surface area contributed by atoms with E-state index in [0.717, 1.165) is 0 Å². The molecular formula is C21H27FN6O3. The molecule has 1 atom stereocenters. The first-order valence-corrected chi connectivity index (χ1v) is 9.91. The number of hydrogen-bond donors (Lipinski definition) is 3. The number of carbonyl (C=O) groups excluding carboxylic acids is 1. The lowest BCUT2D eigenvalue weighted by molar-refractivity contribution is -0.00177. The minimum absolute atomic E-state index is 0.0111. The Morgan fingerprint density at radius 2 is 2.10 bits per heavy atom. The van der Waals surface area contributed by atoms with Gasteiger partial charge in [0.2, 0.25) is 5.88 Å². The van der Waals surface area contributed by atoms with Gasteiger partial charge in [-0.25, -0.2) is 14.4 Å². The minimum atomic E-state index is -1.62. The summed E-state index contributed by atoms with van der Waals surface area (Å²) in [5.41, 5.74) is 0.418. The topological polar surface area (TPSA) is 114 Å². The van der Waals surface area contributed by atoms with Crippen LogP contribution in [-0.2, 0) is 0 Å². The van der Waals surface area contributed by atoms with E-state index in [1.54, 1.807) is 18.3 Å². The van der Waals surface area contributed by atoms with Gasteiger partial charge in [-0.3, -0.25) is 4.79 Å². The number of aliphatic hydroxyl groups is 1. The molecule has 166 valence electrons. The Bertz CT molecular complexity index is 1080. The molecule has 31 heavy (non-hydrogen) atoms. The zero-order valence-corrected chi connectivity index (χ0v) is 18.2. The van der Waals surface area contributed by atoms with Crippen molar-refractivity contribution in [1.29, 1.82) is 0 Å². The number of pyridine rings is 1. The third-order valence-corrected chi connectivity index (χ3v) is 4.60. The van der Waals surface area contributed by atoms with Gasteiger partial charge in [-0.1, -0.05) is 0 Å². The number of nitrogens with zero attached hydrogens (tertiary/aromatic N) is 4. The van der Waals surface area contributed by atoms with Gasteiger partial charge in [0.05, 0.1) is 24.8 Å². The highest BCUT2D eigenvalue weighted by Crippen LogP contribution is 2.28. The molecule has 0 aliphatic heterocycles. The smallest absolute Gasteiger partial charge is 0.256 e. The molecule has 3 N–H and O–H groups in total. The summed E-state index contributed by atoms with van der Waals surface area (Å²) < 4.78 is 20.9. The van der Waals surface area contributed by atoms with E-state index >= 15 is 0 Å². The van der Waals surface area contributed by atoms with Crippen molar-refractivity contribution >= 4 is 17.4 Å². The number of ether oxygens (including phenoxy) is 1. The van der Waals surface area contributed by atoms with Crippen LogP contribution in [0, 0.1) is 0 Å². The van der Waals surface area contributed by atoms with E-state index in [0.29, 0.717) is 28.6 Å². The number of carbonyl (C=O) groups is 1. The molecule has 1 amide bonds. The number of amides is 1. The summed E-state index contributed by atoms with van der Waals surface area (Å²) in [5.74, 6) is 0.313. The third kappa shape index (κ3) is 4.91. The summed E-state index contributed by atoms with van der Waals surface area (Å²) in [6.07, 6.45) is 1.42. The van der Waals surface area contributed by atoms with Crippen LogP contribution >= 0.6 is 0 Å². The average molecular weight is 430 g/mol. The molecule has 9 nitrogen and oxygen atoms in total. The molecule has 0 spiro atoms. The van der Waals surface area contributed by atoms with Gasteiger partial charge in [0.15, 0.2) is 5.65 Å². The standard InChI is InChI=1S/C21H27FN6O3/c1-12(2)26-18-14(19(29)25-11-16(22)21(3,4)30)10-24-17-9-15(27-28(17)18)13-7-6-8-23-20(13)31-5/h6-10,12,16,26,30H,11H2,1-5H3,(H,25,29). The van der Waals surface area contributed by atoms with Gasteiger partial charge in [-0.2, -0.15) is 9.61 Å². The molecule has 3 heterocycles. The lowest BCUT2D eigenvalue weighted by Gasteiger charge is -2.22. The second kappa shape index (κ2) is 8.84. The van der Waals surface area contributed by atoms with Crippen molar-refractivity contribution < 1.29 is 19.0 Å². The van der Waals surface area contributed by atoms with Gasteiger partial charge in [-0.15, -0.1) is 0 Å². The van der Waals surface area contributed by atoms with E-state index in [9.17, 15) is 14.3 Å². The molecule has 0 saturated carbocycles. The number of nitrogens with one attached hydrogen (secondary N) is 2. The van der Waals surface area contributed by atoms with Crippen molar-refractivity contribution in [2.24, 2.45) is 0 Å². The van der Waals surface area contributed by atoms with E-state index in [4.69, 9.17) is 4.74 Å². The highest BCUT2D eigenvalue weighted by atomic mass is 19.1. The molecule has 0 aliphatic carbocycles. The van der Waals surface area contributed by atoms with Gasteiger partial charge >= 0.3 is 0 Å². The quantitative estimate of drug-likeness (QED) is 0.503. The van der Waals surface area contributed by atoms with Crippen LogP contribution in [0.25, 0.3) is 16.9 Å². The van der Waals surface area contributed by atoms with E-state index in [1.807, 2.05) is 19.9 Å². The van der Waals surface area contributed by atoms with E-state index in [-0.39, 0.29) is 18.2 Å². The molecule has 0 saturated heterocycles. The second-order valence-corrected chi connectivity index (χ2v) is 8.01. The van der Waals surface area contributed by atoms with Crippen LogP contribution in [-0.4, -0.2) is 62.1 Å². The second-order valence-electron chi connectivity index (χ2n) is 8.01. The van der Waals surface area contributed by atoms with Crippen LogP contribution in [0.5, 0.6) is 5.88 Å². The van der Waals surface area contributed by atoms with Crippen molar-refractivity contribution in [1.82, 2.24) is 24.9 Å². The molecular weight excluding hydrogens is 403 g/mol. The first kappa shape index (κ1) is 22.4. The van der Waals surface area contributed by atoms with Crippen molar-refractivity contribution in [3.63, 3.8) is 0 Å². The van der Waals surface area contributed by atoms with Crippen LogP contribution < -0.4 is 15.4 Å². The maximum Gasteiger partial charge on any atom is 0.256 e. The summed E-state index contributed by atoms with van der Waals surface area (Å²) in [6, 6.07) is 5.35. The summed E-state index contributed by atoms with van der Waals surface area (Å²) in [5, 5.41) is 20.1. The zero-order valence-electron chi connectivity index (χ0n) is 18.2. The monoisotopic (exact) mass is 430 g/mol. The van der Waals surface area contributed by atoms with E-state index < -0.39 is 17.7 Å². The number of halogens is 1. The van der Waals surface area contributed by atoms with Gasteiger partial charge in [-0.05, 0) is 39.8 Å². The number of alkyl halides is 1. The Labute approximate surface area is 179 Å². The van der Waals surface area contributed by atoms with Crippen molar-refractivity contribution in [2.75, 3.05) is 19.0 Å². The maximum atomic E-state index is 14.1. The van der Waals surface area contributed by atoms with Gasteiger partial charge in [0, 0.05) is 24.5 Å². The fraction of sp³-hybridized carbons (Fsp3) is 0.429. The molecule has 0 aromatic carbocycles. The molecule has 1 unspecified atom stereocenters. The van der Waals surface area contributed by atoms with Crippen LogP contribution in [0.3, 0.4) is 0 Å². The maximum absolute atomic E-state index is 14.1. The lowest BCUT2D eigenvalue weighted by atomic mass is 10.0. The normalized spacial score (nSPS) is 12.8. The van der Waals surface area contributed by atoms with Crippen LogP contribution in [0.4, 0.5) is 10.2 Å². The predicted molar refractivity (Wildman–Crippen MR) is 115 cm³/mol. The largest absolute Gasteiger partial charge is 0.481 e. The molecule has 3 aromatic heterocycles. The molecule has 10 heteroatoms. The van der Waals surface area contributed by atoms with Crippen molar-refractivity contribution in [3.05, 3.63) is 36.2 Å². The molecule has 0 fully saturated rings. The fourth-order valence-corrected chi connectivity index (χ4v) is 2.92. The molecule has 0 radical (unpaired) electrons. The number of fused-ring (bicyclic) bond motifs is 1. The SMILES string of the molecule is COc1ncccc1-c1cc2ncc(C(=O)NCC(F)C(C)(C)O)c(NC(C)C)n2n1. The average Bonchev–Trinajstić information content (AvgIpc) is 3.15. The first-order valence-electron chi connectivity index (χ1n) is 9.91. The van der Waals surface area contributed by atoms with Crippen LogP contribution in [0.15, 0.2) is 30.6 Å². The van der Waals surface area contributed by atoms with Gasteiger partial charge < -0.3 is 20.5 Å². The summed E-state index contributed by atoms with van der Waals surface area (Å²) in [7, 11) is 1.53. The Kier molecular flexibility index (Phi) is 6.40. The number of rotatable bonds is 8. The van der Waals surface area contributed by atoms with Crippen LogP contribution in [0.2, 0.25) is 0 Å². The summed E-state index contributed by atoms with van der Waals surface area (Å²) in [4.78, 5) is 21.3. The Balaban J connectivity index is 2.02. The molecule has 0 bridgehead atoms. The van der Waals surface area contributed by atoms with Crippen molar-refractivity contribution in [2.45, 2.75) is 45.5 Å². The molecule has 3 rings (SSSR count). The summed E-state index contributed by atoms with van der Waals surface area (Å²) >= 11 is 0. The van der Waals surface area contributed by atoms with Gasteiger partial charge in [0.25, 0.3) is 5.91 Å². The molecule has 0 aliphatic rings. The highest BCUT2D eigenvalue weighted by molar-refractivity contribution is 5.99. The number of anilines is 1. The highest BCUT2D eigenvalue weighted by Gasteiger charge is 2.28. The Hall–Kier alpha value is -3.27. The lowest BCUT2D eigenvalue weighted by Crippen LogP contribution is -2.42. The molecule has 3 aromatic rings. The number of hydrogen-bond acceptors (Lipinski definition) is 7.